The molecule has 4 aromatic rings. The fraction of sp³-hybridized carbons (Fsp3) is 0.231. The van der Waals surface area contributed by atoms with E-state index >= 15 is 0 Å². The third kappa shape index (κ3) is 5.07. The van der Waals surface area contributed by atoms with E-state index in [1.165, 1.54) is 22.2 Å². The van der Waals surface area contributed by atoms with Gasteiger partial charge in [0.2, 0.25) is 0 Å². The SMILES string of the molecule is CCOC(=O)c1ccc(Cn2cnc3sc(C(=O)OCCc4ccccc4)c(C)c3c2=O)cc1. The third-order valence-electron chi connectivity index (χ3n) is 5.39. The van der Waals surface area contributed by atoms with Gasteiger partial charge in [0.05, 0.1) is 37.0 Å². The van der Waals surface area contributed by atoms with Crippen LogP contribution in [0.1, 0.15) is 43.6 Å². The molecule has 0 atom stereocenters. The second-order valence-electron chi connectivity index (χ2n) is 7.70. The van der Waals surface area contributed by atoms with Crippen molar-refractivity contribution in [2.45, 2.75) is 26.8 Å². The van der Waals surface area contributed by atoms with Crippen molar-refractivity contribution in [2.75, 3.05) is 13.2 Å². The molecule has 0 saturated carbocycles. The number of carbonyl (C=O) groups excluding carboxylic acids is 2. The molecular formula is C26H24N2O5S. The van der Waals surface area contributed by atoms with Crippen LogP contribution in [-0.2, 0) is 22.4 Å². The molecule has 174 valence electrons. The molecule has 7 nitrogen and oxygen atoms in total. The Bertz CT molecular complexity index is 1370. The molecule has 0 aliphatic rings. The van der Waals surface area contributed by atoms with Crippen molar-refractivity contribution in [1.29, 1.82) is 0 Å². The van der Waals surface area contributed by atoms with Crippen molar-refractivity contribution < 1.29 is 19.1 Å². The zero-order valence-corrected chi connectivity index (χ0v) is 19.8. The van der Waals surface area contributed by atoms with Crippen LogP contribution >= 0.6 is 11.3 Å². The molecule has 0 saturated heterocycles. The van der Waals surface area contributed by atoms with Crippen LogP contribution in [0.15, 0.2) is 65.7 Å². The molecule has 4 rings (SSSR count). The molecule has 2 heterocycles. The van der Waals surface area contributed by atoms with Gasteiger partial charge in [-0.3, -0.25) is 9.36 Å². The van der Waals surface area contributed by atoms with Crippen molar-refractivity contribution in [3.05, 3.63) is 98.4 Å². The quantitative estimate of drug-likeness (QED) is 0.351. The Kier molecular flexibility index (Phi) is 7.18. The lowest BCUT2D eigenvalue weighted by Crippen LogP contribution is -2.21. The maximum atomic E-state index is 13.2. The maximum Gasteiger partial charge on any atom is 0.348 e. The number of hydrogen-bond donors (Lipinski definition) is 0. The topological polar surface area (TPSA) is 87.5 Å². The Hall–Kier alpha value is -3.78. The van der Waals surface area contributed by atoms with Crippen molar-refractivity contribution in [3.8, 4) is 0 Å². The zero-order valence-electron chi connectivity index (χ0n) is 18.9. The van der Waals surface area contributed by atoms with Gasteiger partial charge in [0, 0.05) is 6.42 Å². The minimum Gasteiger partial charge on any atom is -0.462 e. The minimum absolute atomic E-state index is 0.225. The summed E-state index contributed by atoms with van der Waals surface area (Å²) in [4.78, 5) is 42.9. The minimum atomic E-state index is -0.447. The van der Waals surface area contributed by atoms with Crippen molar-refractivity contribution in [3.63, 3.8) is 0 Å². The summed E-state index contributed by atoms with van der Waals surface area (Å²) in [6.07, 6.45) is 2.10. The van der Waals surface area contributed by atoms with Crippen LogP contribution in [0.3, 0.4) is 0 Å². The van der Waals surface area contributed by atoms with Crippen LogP contribution in [0.25, 0.3) is 10.2 Å². The molecule has 0 amide bonds. The molecule has 2 aromatic carbocycles. The first kappa shape index (κ1) is 23.4. The van der Waals surface area contributed by atoms with Gasteiger partial charge in [0.1, 0.15) is 9.71 Å². The van der Waals surface area contributed by atoms with E-state index in [2.05, 4.69) is 4.98 Å². The number of fused-ring (bicyclic) bond motifs is 1. The molecule has 34 heavy (non-hydrogen) atoms. The summed E-state index contributed by atoms with van der Waals surface area (Å²) < 4.78 is 11.9. The number of aryl methyl sites for hydroxylation is 1. The Labute approximate surface area is 200 Å². The predicted octanol–water partition coefficient (Wildman–Crippen LogP) is 4.39. The molecule has 0 fully saturated rings. The van der Waals surface area contributed by atoms with E-state index in [0.717, 1.165) is 11.1 Å². The predicted molar refractivity (Wildman–Crippen MR) is 131 cm³/mol. The van der Waals surface area contributed by atoms with E-state index in [4.69, 9.17) is 9.47 Å². The molecule has 0 N–H and O–H groups in total. The highest BCUT2D eigenvalue weighted by Crippen LogP contribution is 2.27. The maximum absolute atomic E-state index is 13.2. The van der Waals surface area contributed by atoms with Crippen molar-refractivity contribution in [2.24, 2.45) is 0 Å². The number of ether oxygens (including phenoxy) is 2. The lowest BCUT2D eigenvalue weighted by molar-refractivity contribution is 0.0509. The van der Waals surface area contributed by atoms with Crippen LogP contribution in [0.4, 0.5) is 0 Å². The lowest BCUT2D eigenvalue weighted by Gasteiger charge is -2.07. The Balaban J connectivity index is 1.50. The number of thiophene rings is 1. The normalized spacial score (nSPS) is 10.9. The monoisotopic (exact) mass is 476 g/mol. The molecule has 2 aromatic heterocycles. The standard InChI is InChI=1S/C26H24N2O5S/c1-3-32-25(30)20-11-9-19(10-12-20)15-28-16-27-23-21(24(28)29)17(2)22(34-23)26(31)33-14-13-18-7-5-4-6-8-18/h4-12,16H,3,13-15H2,1-2H3. The Morgan fingerprint density at radius 3 is 2.41 bits per heavy atom. The van der Waals surface area contributed by atoms with Gasteiger partial charge in [-0.05, 0) is 42.7 Å². The van der Waals surface area contributed by atoms with Gasteiger partial charge < -0.3 is 9.47 Å². The van der Waals surface area contributed by atoms with Gasteiger partial charge in [-0.2, -0.15) is 0 Å². The smallest absolute Gasteiger partial charge is 0.348 e. The van der Waals surface area contributed by atoms with E-state index in [1.54, 1.807) is 38.1 Å². The highest BCUT2D eigenvalue weighted by atomic mass is 32.1. The molecule has 8 heteroatoms. The van der Waals surface area contributed by atoms with E-state index in [-0.39, 0.29) is 24.7 Å². The first-order chi connectivity index (χ1) is 16.5. The highest BCUT2D eigenvalue weighted by Gasteiger charge is 2.20. The fourth-order valence-electron chi connectivity index (χ4n) is 3.60. The van der Waals surface area contributed by atoms with E-state index < -0.39 is 5.97 Å². The number of hydrogen-bond acceptors (Lipinski definition) is 7. The summed E-state index contributed by atoms with van der Waals surface area (Å²) in [7, 11) is 0. The summed E-state index contributed by atoms with van der Waals surface area (Å²) in [5, 5.41) is 0.422. The summed E-state index contributed by atoms with van der Waals surface area (Å²) in [5.41, 5.74) is 2.73. The Morgan fingerprint density at radius 2 is 1.71 bits per heavy atom. The van der Waals surface area contributed by atoms with Crippen molar-refractivity contribution >= 4 is 33.5 Å². The number of carbonyl (C=O) groups is 2. The van der Waals surface area contributed by atoms with Gasteiger partial charge in [0.15, 0.2) is 0 Å². The molecular weight excluding hydrogens is 452 g/mol. The van der Waals surface area contributed by atoms with Crippen LogP contribution in [0.5, 0.6) is 0 Å². The van der Waals surface area contributed by atoms with E-state index in [9.17, 15) is 14.4 Å². The Morgan fingerprint density at radius 1 is 0.971 bits per heavy atom. The number of nitrogens with zero attached hydrogens (tertiary/aromatic N) is 2. The van der Waals surface area contributed by atoms with Crippen LogP contribution in [0.2, 0.25) is 0 Å². The summed E-state index contributed by atoms with van der Waals surface area (Å²) in [5.74, 6) is -0.830. The number of rotatable bonds is 8. The first-order valence-corrected chi connectivity index (χ1v) is 11.7. The second-order valence-corrected chi connectivity index (χ2v) is 8.70. The van der Waals surface area contributed by atoms with Crippen molar-refractivity contribution in [1.82, 2.24) is 9.55 Å². The van der Waals surface area contributed by atoms with E-state index in [0.29, 0.717) is 39.2 Å². The number of aromatic nitrogens is 2. The van der Waals surface area contributed by atoms with Crippen LogP contribution in [-0.4, -0.2) is 34.7 Å². The number of esters is 2. The second kappa shape index (κ2) is 10.4. The van der Waals surface area contributed by atoms with Gasteiger partial charge in [-0.25, -0.2) is 14.6 Å². The molecule has 0 aliphatic heterocycles. The van der Waals surface area contributed by atoms with Gasteiger partial charge in [-0.1, -0.05) is 42.5 Å². The molecule has 0 aliphatic carbocycles. The summed E-state index contributed by atoms with van der Waals surface area (Å²) in [6, 6.07) is 16.7. The zero-order chi connectivity index (χ0) is 24.1. The first-order valence-electron chi connectivity index (χ1n) is 10.9. The summed E-state index contributed by atoms with van der Waals surface area (Å²) >= 11 is 1.17. The molecule has 0 spiro atoms. The van der Waals surface area contributed by atoms with Gasteiger partial charge in [0.25, 0.3) is 5.56 Å². The third-order valence-corrected chi connectivity index (χ3v) is 6.57. The average Bonchev–Trinajstić information content (AvgIpc) is 3.19. The fourth-order valence-corrected chi connectivity index (χ4v) is 4.63. The van der Waals surface area contributed by atoms with E-state index in [1.807, 2.05) is 30.3 Å². The highest BCUT2D eigenvalue weighted by molar-refractivity contribution is 7.20. The van der Waals surface area contributed by atoms with Crippen LogP contribution < -0.4 is 5.56 Å². The molecule has 0 radical (unpaired) electrons. The number of benzene rings is 2. The summed E-state index contributed by atoms with van der Waals surface area (Å²) in [6.45, 7) is 4.36. The largest absolute Gasteiger partial charge is 0.462 e. The average molecular weight is 477 g/mol. The molecule has 0 bridgehead atoms. The molecule has 0 unspecified atom stereocenters. The van der Waals surface area contributed by atoms with Gasteiger partial charge >= 0.3 is 11.9 Å². The lowest BCUT2D eigenvalue weighted by atomic mass is 10.1. The van der Waals surface area contributed by atoms with Gasteiger partial charge in [-0.15, -0.1) is 11.3 Å². The van der Waals surface area contributed by atoms with Crippen LogP contribution in [0, 0.1) is 6.92 Å².